The Kier molecular flexibility index (Phi) is 4.66. The van der Waals surface area contributed by atoms with Crippen molar-refractivity contribution < 1.29 is 18.7 Å². The summed E-state index contributed by atoms with van der Waals surface area (Å²) < 4.78 is 19.9. The van der Waals surface area contributed by atoms with Crippen molar-refractivity contribution in [2.24, 2.45) is 11.8 Å². The van der Waals surface area contributed by atoms with Gasteiger partial charge in [0, 0.05) is 5.92 Å². The molecule has 2 bridgehead atoms. The first-order valence-corrected chi connectivity index (χ1v) is 11.0. The van der Waals surface area contributed by atoms with Crippen molar-refractivity contribution in [2.75, 3.05) is 0 Å². The topological polar surface area (TPSA) is 43.4 Å². The average Bonchev–Trinajstić information content (AvgIpc) is 3.39. The van der Waals surface area contributed by atoms with Crippen LogP contribution in [-0.4, -0.2) is 23.8 Å². The Bertz CT molecular complexity index is 1020. The second kappa shape index (κ2) is 7.12. The standard InChI is InChI=1S/C26H27FO3/c1-4-14-9-13(3)10-15(5-2)20(14)22-24(28)21-19-12-18(16-7-6-8-17(27)11-16)26(30-19)23(21)25(22)29/h6-11,18-19,21-23,26H,4-5,12H2,1-3H3/t18-,19-,21-,22?,23+,26+/m0/s1. The summed E-state index contributed by atoms with van der Waals surface area (Å²) in [7, 11) is 0. The van der Waals surface area contributed by atoms with E-state index in [2.05, 4.69) is 32.9 Å². The average molecular weight is 406 g/mol. The van der Waals surface area contributed by atoms with Crippen LogP contribution in [0.15, 0.2) is 36.4 Å². The Balaban J connectivity index is 1.54. The Hall–Kier alpha value is -2.33. The van der Waals surface area contributed by atoms with E-state index in [1.54, 1.807) is 6.07 Å². The fourth-order valence-electron chi connectivity index (χ4n) is 6.22. The van der Waals surface area contributed by atoms with Crippen LogP contribution < -0.4 is 0 Å². The van der Waals surface area contributed by atoms with Crippen LogP contribution in [0.2, 0.25) is 0 Å². The molecule has 2 heterocycles. The number of halogens is 1. The van der Waals surface area contributed by atoms with Crippen LogP contribution in [0.3, 0.4) is 0 Å². The van der Waals surface area contributed by atoms with Crippen LogP contribution in [0.4, 0.5) is 4.39 Å². The number of rotatable bonds is 4. The Morgan fingerprint density at radius 1 is 1.00 bits per heavy atom. The molecule has 2 aromatic rings. The molecule has 0 amide bonds. The fourth-order valence-corrected chi connectivity index (χ4v) is 6.22. The highest BCUT2D eigenvalue weighted by Crippen LogP contribution is 2.57. The first-order chi connectivity index (χ1) is 14.4. The maximum absolute atomic E-state index is 13.8. The fraction of sp³-hybridized carbons (Fsp3) is 0.462. The van der Waals surface area contributed by atoms with E-state index in [-0.39, 0.29) is 41.4 Å². The van der Waals surface area contributed by atoms with E-state index in [9.17, 15) is 14.0 Å². The molecular weight excluding hydrogens is 379 g/mol. The number of fused-ring (bicyclic) bond motifs is 5. The molecule has 2 saturated heterocycles. The minimum Gasteiger partial charge on any atom is -0.373 e. The van der Waals surface area contributed by atoms with Gasteiger partial charge in [0.1, 0.15) is 11.7 Å². The molecule has 3 fully saturated rings. The number of hydrogen-bond acceptors (Lipinski definition) is 3. The molecule has 3 aliphatic rings. The van der Waals surface area contributed by atoms with Gasteiger partial charge in [-0.1, -0.05) is 43.7 Å². The summed E-state index contributed by atoms with van der Waals surface area (Å²) in [5.74, 6) is -1.71. The second-order valence-corrected chi connectivity index (χ2v) is 9.03. The Morgan fingerprint density at radius 2 is 1.67 bits per heavy atom. The molecule has 1 saturated carbocycles. The Labute approximate surface area is 176 Å². The first kappa shape index (κ1) is 19.6. The number of ether oxygens (including phenoxy) is 1. The lowest BCUT2D eigenvalue weighted by Crippen LogP contribution is -2.34. The molecule has 5 rings (SSSR count). The van der Waals surface area contributed by atoms with E-state index in [0.29, 0.717) is 6.42 Å². The number of carbonyl (C=O) groups is 2. The summed E-state index contributed by atoms with van der Waals surface area (Å²) in [5, 5.41) is 0. The smallest absolute Gasteiger partial charge is 0.154 e. The van der Waals surface area contributed by atoms with E-state index in [1.165, 1.54) is 17.7 Å². The van der Waals surface area contributed by atoms with E-state index >= 15 is 0 Å². The monoisotopic (exact) mass is 406 g/mol. The Morgan fingerprint density at radius 3 is 2.30 bits per heavy atom. The zero-order chi connectivity index (χ0) is 21.2. The summed E-state index contributed by atoms with van der Waals surface area (Å²) in [4.78, 5) is 27.2. The van der Waals surface area contributed by atoms with Crippen molar-refractivity contribution >= 4 is 11.6 Å². The minimum absolute atomic E-state index is 0.00635. The van der Waals surface area contributed by atoms with Gasteiger partial charge in [-0.3, -0.25) is 9.59 Å². The van der Waals surface area contributed by atoms with Gasteiger partial charge in [-0.05, 0) is 60.6 Å². The van der Waals surface area contributed by atoms with Crippen molar-refractivity contribution in [3.8, 4) is 0 Å². The van der Waals surface area contributed by atoms with Crippen LogP contribution in [-0.2, 0) is 27.2 Å². The predicted octanol–water partition coefficient (Wildman–Crippen LogP) is 4.68. The van der Waals surface area contributed by atoms with Crippen molar-refractivity contribution in [2.45, 2.75) is 64.1 Å². The summed E-state index contributed by atoms with van der Waals surface area (Å²) in [6.45, 7) is 6.22. The van der Waals surface area contributed by atoms with Crippen molar-refractivity contribution in [1.29, 1.82) is 0 Å². The van der Waals surface area contributed by atoms with Gasteiger partial charge in [-0.25, -0.2) is 4.39 Å². The highest BCUT2D eigenvalue weighted by Gasteiger charge is 2.66. The van der Waals surface area contributed by atoms with Crippen LogP contribution in [0.1, 0.15) is 59.9 Å². The molecule has 6 atom stereocenters. The van der Waals surface area contributed by atoms with Gasteiger partial charge in [-0.2, -0.15) is 0 Å². The molecule has 2 aliphatic heterocycles. The van der Waals surface area contributed by atoms with Crippen molar-refractivity contribution in [1.82, 2.24) is 0 Å². The molecule has 1 aliphatic carbocycles. The largest absolute Gasteiger partial charge is 0.373 e. The van der Waals surface area contributed by atoms with Crippen LogP contribution in [0, 0.1) is 24.6 Å². The molecule has 0 spiro atoms. The van der Waals surface area contributed by atoms with Gasteiger partial charge >= 0.3 is 0 Å². The van der Waals surface area contributed by atoms with Crippen molar-refractivity contribution in [3.63, 3.8) is 0 Å². The minimum atomic E-state index is -0.675. The van der Waals surface area contributed by atoms with Crippen LogP contribution >= 0.6 is 0 Å². The SMILES string of the molecule is CCc1cc(C)cc(CC)c1C1C(=O)[C@@H]2[C@@H]3O[C@@H](C[C@H]3c3cccc(F)c3)[C@@H]2C1=O. The summed E-state index contributed by atoms with van der Waals surface area (Å²) in [5.41, 5.74) is 5.18. The maximum atomic E-state index is 13.8. The number of aryl methyl sites for hydroxylation is 3. The third-order valence-corrected chi connectivity index (χ3v) is 7.41. The predicted molar refractivity (Wildman–Crippen MR) is 112 cm³/mol. The van der Waals surface area contributed by atoms with Gasteiger partial charge in [-0.15, -0.1) is 0 Å². The number of Topliss-reactive ketones (excluding diaryl/α,β-unsaturated/α-hetero) is 2. The van der Waals surface area contributed by atoms with Crippen molar-refractivity contribution in [3.05, 3.63) is 70.0 Å². The lowest BCUT2D eigenvalue weighted by atomic mass is 9.73. The summed E-state index contributed by atoms with van der Waals surface area (Å²) in [6, 6.07) is 10.8. The first-order valence-electron chi connectivity index (χ1n) is 11.0. The number of carbonyl (C=O) groups excluding carboxylic acids is 2. The molecule has 3 nitrogen and oxygen atoms in total. The third-order valence-electron chi connectivity index (χ3n) is 7.41. The van der Waals surface area contributed by atoms with Crippen LogP contribution in [0.5, 0.6) is 0 Å². The highest BCUT2D eigenvalue weighted by atomic mass is 19.1. The lowest BCUT2D eigenvalue weighted by molar-refractivity contribution is -0.127. The van der Waals surface area contributed by atoms with E-state index in [1.807, 2.05) is 6.07 Å². The summed E-state index contributed by atoms with van der Waals surface area (Å²) in [6.07, 6.45) is 1.70. The number of ketones is 2. The van der Waals surface area contributed by atoms with Crippen LogP contribution in [0.25, 0.3) is 0 Å². The lowest BCUT2D eigenvalue weighted by Gasteiger charge is -2.26. The number of benzene rings is 2. The third kappa shape index (κ3) is 2.73. The molecule has 0 N–H and O–H groups in total. The zero-order valence-corrected chi connectivity index (χ0v) is 17.7. The quantitative estimate of drug-likeness (QED) is 0.693. The number of hydrogen-bond donors (Lipinski definition) is 0. The zero-order valence-electron chi connectivity index (χ0n) is 17.7. The van der Waals surface area contributed by atoms with Gasteiger partial charge in [0.15, 0.2) is 11.6 Å². The molecular formula is C26H27FO3. The molecule has 2 aromatic carbocycles. The second-order valence-electron chi connectivity index (χ2n) is 9.03. The van der Waals surface area contributed by atoms with Gasteiger partial charge < -0.3 is 4.74 Å². The molecule has 1 unspecified atom stereocenters. The normalized spacial score (nSPS) is 32.1. The van der Waals surface area contributed by atoms with E-state index in [0.717, 1.165) is 35.1 Å². The molecule has 4 heteroatoms. The van der Waals surface area contributed by atoms with Gasteiger partial charge in [0.25, 0.3) is 0 Å². The highest BCUT2D eigenvalue weighted by molar-refractivity contribution is 6.17. The molecule has 156 valence electrons. The van der Waals surface area contributed by atoms with E-state index in [4.69, 9.17) is 4.74 Å². The molecule has 0 aromatic heterocycles. The van der Waals surface area contributed by atoms with Gasteiger partial charge in [0.2, 0.25) is 0 Å². The summed E-state index contributed by atoms with van der Waals surface area (Å²) >= 11 is 0. The van der Waals surface area contributed by atoms with Gasteiger partial charge in [0.05, 0.1) is 24.0 Å². The maximum Gasteiger partial charge on any atom is 0.154 e. The molecule has 0 radical (unpaired) electrons. The molecule has 30 heavy (non-hydrogen) atoms. The van der Waals surface area contributed by atoms with E-state index < -0.39 is 11.8 Å².